The first-order chi connectivity index (χ1) is 16.6. The van der Waals surface area contributed by atoms with Gasteiger partial charge in [0.25, 0.3) is 5.56 Å². The monoisotopic (exact) mass is 496 g/mol. The number of likely N-dealkylation sites (tertiary alicyclic amines) is 1. The number of piperidine rings is 1. The normalized spacial score (nSPS) is 14.8. The van der Waals surface area contributed by atoms with Crippen LogP contribution in [0.25, 0.3) is 10.2 Å². The van der Waals surface area contributed by atoms with Crippen molar-refractivity contribution in [3.8, 4) is 5.75 Å². The molecule has 1 aliphatic heterocycles. The van der Waals surface area contributed by atoms with Gasteiger partial charge in [-0.2, -0.15) is 0 Å². The molecule has 0 unspecified atom stereocenters. The molecule has 0 radical (unpaired) electrons. The summed E-state index contributed by atoms with van der Waals surface area (Å²) in [5.74, 6) is 0.151. The van der Waals surface area contributed by atoms with E-state index >= 15 is 0 Å². The number of ether oxygens (including phenoxy) is 2. The zero-order valence-electron chi connectivity index (χ0n) is 20.7. The highest BCUT2D eigenvalue weighted by Crippen LogP contribution is 2.32. The SMILES string of the molecule is CC(=O)c1c(OCc2ccccc2)c(=O)n(CC2CCN(C(=O)OC(C)(C)C)CC2)c2ccsc12. The molecular weight excluding hydrogens is 464 g/mol. The Morgan fingerprint density at radius 1 is 1.09 bits per heavy atom. The number of ketones is 1. The fraction of sp³-hybridized carbons (Fsp3) is 0.444. The number of fused-ring (bicyclic) bond motifs is 1. The first-order valence-corrected chi connectivity index (χ1v) is 12.8. The predicted octanol–water partition coefficient (Wildman–Crippen LogP) is 5.49. The van der Waals surface area contributed by atoms with Crippen LogP contribution in [-0.2, 0) is 17.9 Å². The van der Waals surface area contributed by atoms with Crippen LogP contribution < -0.4 is 10.3 Å². The van der Waals surface area contributed by atoms with Crippen molar-refractivity contribution in [2.75, 3.05) is 13.1 Å². The number of aromatic nitrogens is 1. The van der Waals surface area contributed by atoms with E-state index in [4.69, 9.17) is 9.47 Å². The average molecular weight is 497 g/mol. The number of nitrogens with zero attached hydrogens (tertiary/aromatic N) is 2. The second-order valence-electron chi connectivity index (χ2n) is 10.00. The Bertz CT molecular complexity index is 1260. The topological polar surface area (TPSA) is 77.8 Å². The minimum atomic E-state index is -0.527. The lowest BCUT2D eigenvalue weighted by molar-refractivity contribution is 0.0178. The smallest absolute Gasteiger partial charge is 0.410 e. The molecule has 4 rings (SSSR count). The highest BCUT2D eigenvalue weighted by atomic mass is 32.1. The summed E-state index contributed by atoms with van der Waals surface area (Å²) in [4.78, 5) is 40.4. The average Bonchev–Trinajstić information content (AvgIpc) is 3.28. The second-order valence-corrected chi connectivity index (χ2v) is 10.9. The molecule has 8 heteroatoms. The molecule has 0 saturated carbocycles. The molecule has 0 spiro atoms. The largest absolute Gasteiger partial charge is 0.482 e. The number of amides is 1. The van der Waals surface area contributed by atoms with E-state index in [-0.39, 0.29) is 35.7 Å². The quantitative estimate of drug-likeness (QED) is 0.422. The number of carbonyl (C=O) groups is 2. The van der Waals surface area contributed by atoms with Crippen LogP contribution in [0.15, 0.2) is 46.6 Å². The van der Waals surface area contributed by atoms with Crippen LogP contribution in [0.4, 0.5) is 4.79 Å². The Labute approximate surface area is 209 Å². The fourth-order valence-electron chi connectivity index (χ4n) is 4.39. The Morgan fingerprint density at radius 3 is 2.40 bits per heavy atom. The third kappa shape index (κ3) is 5.75. The van der Waals surface area contributed by atoms with Crippen LogP contribution in [-0.4, -0.2) is 40.0 Å². The molecule has 1 amide bonds. The van der Waals surface area contributed by atoms with E-state index in [2.05, 4.69) is 0 Å². The van der Waals surface area contributed by atoms with Gasteiger partial charge in [0.15, 0.2) is 11.5 Å². The lowest BCUT2D eigenvalue weighted by atomic mass is 9.96. The Hall–Kier alpha value is -3.13. The van der Waals surface area contributed by atoms with E-state index in [1.165, 1.54) is 18.3 Å². The standard InChI is InChI=1S/C27H32N2O5S/c1-18(30)22-23(33-17-20-8-6-5-7-9-20)25(31)29(21-12-15-35-24(21)22)16-19-10-13-28(14-11-19)26(32)34-27(2,3)4/h5-9,12,15,19H,10-11,13-14,16-17H2,1-4H3. The molecule has 186 valence electrons. The Kier molecular flexibility index (Phi) is 7.31. The predicted molar refractivity (Wildman–Crippen MR) is 137 cm³/mol. The maximum atomic E-state index is 13.6. The zero-order valence-corrected chi connectivity index (χ0v) is 21.5. The van der Waals surface area contributed by atoms with Gasteiger partial charge in [-0.15, -0.1) is 11.3 Å². The Morgan fingerprint density at radius 2 is 1.77 bits per heavy atom. The molecule has 1 aliphatic rings. The van der Waals surface area contributed by atoms with E-state index in [0.717, 1.165) is 28.6 Å². The molecule has 1 fully saturated rings. The maximum Gasteiger partial charge on any atom is 0.410 e. The van der Waals surface area contributed by atoms with E-state index in [0.29, 0.717) is 25.2 Å². The third-order valence-corrected chi connectivity index (χ3v) is 7.03. The molecule has 7 nitrogen and oxygen atoms in total. The molecule has 3 aromatic rings. The molecule has 1 saturated heterocycles. The molecule has 0 aliphatic carbocycles. The maximum absolute atomic E-state index is 13.6. The van der Waals surface area contributed by atoms with Crippen molar-refractivity contribution in [1.82, 2.24) is 9.47 Å². The van der Waals surface area contributed by atoms with Gasteiger partial charge in [0.2, 0.25) is 0 Å². The summed E-state index contributed by atoms with van der Waals surface area (Å²) in [5, 5.41) is 1.90. The van der Waals surface area contributed by atoms with Crippen LogP contribution in [0.5, 0.6) is 5.75 Å². The highest BCUT2D eigenvalue weighted by molar-refractivity contribution is 7.17. The molecule has 3 heterocycles. The molecular formula is C27H32N2O5S. The Balaban J connectivity index is 1.58. The molecule has 0 N–H and O–H groups in total. The van der Waals surface area contributed by atoms with Crippen LogP contribution in [0.3, 0.4) is 0 Å². The van der Waals surface area contributed by atoms with Gasteiger partial charge in [-0.3, -0.25) is 9.59 Å². The summed E-state index contributed by atoms with van der Waals surface area (Å²) >= 11 is 1.44. The number of thiophene rings is 1. The summed E-state index contributed by atoms with van der Waals surface area (Å²) in [6, 6.07) is 11.5. The van der Waals surface area contributed by atoms with E-state index in [1.54, 1.807) is 9.47 Å². The van der Waals surface area contributed by atoms with Gasteiger partial charge in [-0.1, -0.05) is 30.3 Å². The lowest BCUT2D eigenvalue weighted by Crippen LogP contribution is -2.42. The van der Waals surface area contributed by atoms with Crippen molar-refractivity contribution in [1.29, 1.82) is 0 Å². The number of carbonyl (C=O) groups excluding carboxylic acids is 2. The second kappa shape index (κ2) is 10.2. The van der Waals surface area contributed by atoms with E-state index in [9.17, 15) is 14.4 Å². The molecule has 2 aromatic heterocycles. The third-order valence-electron chi connectivity index (χ3n) is 6.11. The highest BCUT2D eigenvalue weighted by Gasteiger charge is 2.29. The summed E-state index contributed by atoms with van der Waals surface area (Å²) in [6.45, 7) is 8.94. The minimum Gasteiger partial charge on any atom is -0.482 e. The van der Waals surface area contributed by atoms with Crippen molar-refractivity contribution < 1.29 is 19.1 Å². The lowest BCUT2D eigenvalue weighted by Gasteiger charge is -2.33. The number of Topliss-reactive ketones (excluding diaryl/α,β-unsaturated/α-hetero) is 1. The molecule has 0 atom stereocenters. The van der Waals surface area contributed by atoms with Crippen LogP contribution in [0.2, 0.25) is 0 Å². The van der Waals surface area contributed by atoms with Crippen molar-refractivity contribution >= 4 is 33.4 Å². The van der Waals surface area contributed by atoms with Gasteiger partial charge >= 0.3 is 6.09 Å². The summed E-state index contributed by atoms with van der Waals surface area (Å²) in [7, 11) is 0. The number of hydrogen-bond donors (Lipinski definition) is 0. The van der Waals surface area contributed by atoms with Gasteiger partial charge in [-0.25, -0.2) is 4.79 Å². The van der Waals surface area contributed by atoms with Crippen molar-refractivity contribution in [3.63, 3.8) is 0 Å². The van der Waals surface area contributed by atoms with Gasteiger partial charge in [0.1, 0.15) is 12.2 Å². The molecule has 0 bridgehead atoms. The zero-order chi connectivity index (χ0) is 25.2. The number of rotatable bonds is 6. The summed E-state index contributed by atoms with van der Waals surface area (Å²) < 4.78 is 14.0. The van der Waals surface area contributed by atoms with Crippen molar-refractivity contribution in [2.24, 2.45) is 5.92 Å². The van der Waals surface area contributed by atoms with Gasteiger partial charge in [0, 0.05) is 19.6 Å². The first kappa shape index (κ1) is 25.0. The summed E-state index contributed by atoms with van der Waals surface area (Å²) in [5.41, 5.74) is 1.22. The van der Waals surface area contributed by atoms with E-state index < -0.39 is 5.60 Å². The fourth-order valence-corrected chi connectivity index (χ4v) is 5.38. The van der Waals surface area contributed by atoms with Crippen LogP contribution >= 0.6 is 11.3 Å². The van der Waals surface area contributed by atoms with E-state index in [1.807, 2.05) is 62.5 Å². The van der Waals surface area contributed by atoms with Gasteiger partial charge < -0.3 is 18.9 Å². The van der Waals surface area contributed by atoms with Crippen molar-refractivity contribution in [2.45, 2.75) is 59.3 Å². The van der Waals surface area contributed by atoms with Gasteiger partial charge in [0.05, 0.1) is 15.8 Å². The summed E-state index contributed by atoms with van der Waals surface area (Å²) in [6.07, 6.45) is 1.24. The first-order valence-electron chi connectivity index (χ1n) is 11.9. The number of hydrogen-bond acceptors (Lipinski definition) is 6. The molecule has 35 heavy (non-hydrogen) atoms. The number of pyridine rings is 1. The van der Waals surface area contributed by atoms with Crippen molar-refractivity contribution in [3.05, 3.63) is 63.3 Å². The van der Waals surface area contributed by atoms with Crippen LogP contribution in [0.1, 0.15) is 56.5 Å². The molecule has 1 aromatic carbocycles. The van der Waals surface area contributed by atoms with Gasteiger partial charge in [-0.05, 0) is 63.5 Å². The number of benzene rings is 1. The minimum absolute atomic E-state index is 0.113. The van der Waals surface area contributed by atoms with Crippen LogP contribution in [0, 0.1) is 5.92 Å².